The van der Waals surface area contributed by atoms with Gasteiger partial charge in [-0.1, -0.05) is 5.16 Å². The fraction of sp³-hybridized carbons (Fsp3) is 0.647. The number of rotatable bonds is 3. The molecule has 2 aromatic rings. The largest absolute Gasteiger partial charge is 0.408 e. The lowest BCUT2D eigenvalue weighted by Crippen LogP contribution is -2.52. The zero-order valence-corrected chi connectivity index (χ0v) is 16.0. The van der Waals surface area contributed by atoms with E-state index in [0.29, 0.717) is 25.6 Å². The van der Waals surface area contributed by atoms with Crippen molar-refractivity contribution >= 4 is 11.8 Å². The van der Waals surface area contributed by atoms with Gasteiger partial charge in [-0.05, 0) is 13.3 Å². The number of fused-ring (bicyclic) bond motifs is 1. The highest BCUT2D eigenvalue weighted by atomic mass is 19.4. The van der Waals surface area contributed by atoms with Crippen LogP contribution in [0.4, 0.5) is 24.9 Å². The van der Waals surface area contributed by atoms with Crippen molar-refractivity contribution in [2.45, 2.75) is 51.6 Å². The van der Waals surface area contributed by atoms with Crippen LogP contribution in [0.1, 0.15) is 25.1 Å². The summed E-state index contributed by atoms with van der Waals surface area (Å²) in [6, 6.07) is -0.477. The number of hydrogen-bond donors (Lipinski definition) is 0. The monoisotopic (exact) mass is 414 g/mol. The molecule has 2 aromatic heterocycles. The lowest BCUT2D eigenvalue weighted by molar-refractivity contribution is -0.153. The van der Waals surface area contributed by atoms with Gasteiger partial charge >= 0.3 is 6.18 Å². The summed E-state index contributed by atoms with van der Waals surface area (Å²) in [5, 5.41) is 3.71. The number of ether oxygens (including phenoxy) is 1. The smallest absolute Gasteiger partial charge is 0.377 e. The molecule has 2 aliphatic rings. The van der Waals surface area contributed by atoms with E-state index in [4.69, 9.17) is 9.26 Å². The third kappa shape index (κ3) is 3.80. The van der Waals surface area contributed by atoms with Crippen LogP contribution in [0, 0.1) is 6.92 Å². The van der Waals surface area contributed by atoms with Gasteiger partial charge in [0.05, 0.1) is 25.8 Å². The summed E-state index contributed by atoms with van der Waals surface area (Å²) >= 11 is 0. The number of halogens is 3. The maximum absolute atomic E-state index is 13.8. The molecule has 29 heavy (non-hydrogen) atoms. The van der Waals surface area contributed by atoms with E-state index < -0.39 is 17.8 Å². The number of nitrogens with zero attached hydrogens (tertiary/aromatic N) is 6. The summed E-state index contributed by atoms with van der Waals surface area (Å²) in [5.74, 6) is 0.655. The van der Waals surface area contributed by atoms with Crippen molar-refractivity contribution in [2.75, 3.05) is 29.6 Å². The topological polar surface area (TPSA) is 89.5 Å². The molecule has 2 aliphatic heterocycles. The Bertz CT molecular complexity index is 943. The number of hydrogen-bond acceptors (Lipinski definition) is 8. The van der Waals surface area contributed by atoms with Crippen molar-refractivity contribution in [3.05, 3.63) is 28.1 Å². The Labute approximate surface area is 164 Å². The molecule has 0 radical (unpaired) electrons. The van der Waals surface area contributed by atoms with E-state index in [1.165, 1.54) is 10.6 Å². The number of alkyl halides is 3. The van der Waals surface area contributed by atoms with E-state index >= 15 is 0 Å². The van der Waals surface area contributed by atoms with E-state index in [1.54, 1.807) is 6.92 Å². The zero-order valence-electron chi connectivity index (χ0n) is 16.0. The second-order valence-electron chi connectivity index (χ2n) is 7.23. The third-order valence-corrected chi connectivity index (χ3v) is 5.15. The summed E-state index contributed by atoms with van der Waals surface area (Å²) in [6.45, 7) is 4.56. The molecule has 158 valence electrons. The summed E-state index contributed by atoms with van der Waals surface area (Å²) in [5.41, 5.74) is -0.390. The van der Waals surface area contributed by atoms with Crippen molar-refractivity contribution in [1.82, 2.24) is 19.7 Å². The summed E-state index contributed by atoms with van der Waals surface area (Å²) in [7, 11) is 0. The second-order valence-corrected chi connectivity index (χ2v) is 7.23. The highest BCUT2D eigenvalue weighted by Gasteiger charge is 2.47. The molecule has 0 unspecified atom stereocenters. The van der Waals surface area contributed by atoms with Crippen molar-refractivity contribution in [1.29, 1.82) is 0 Å². The van der Waals surface area contributed by atoms with Crippen molar-refractivity contribution in [3.63, 3.8) is 0 Å². The summed E-state index contributed by atoms with van der Waals surface area (Å²) in [4.78, 5) is 24.1. The van der Waals surface area contributed by atoms with Crippen LogP contribution in [-0.2, 0) is 17.8 Å². The molecule has 0 bridgehead atoms. The Kier molecular flexibility index (Phi) is 4.97. The molecule has 4 rings (SSSR count). The Morgan fingerprint density at radius 1 is 1.28 bits per heavy atom. The lowest BCUT2D eigenvalue weighted by atomic mass is 10.1. The molecule has 0 aromatic carbocycles. The first kappa shape index (κ1) is 19.7. The minimum Gasteiger partial charge on any atom is -0.377 e. The van der Waals surface area contributed by atoms with Crippen LogP contribution < -0.4 is 15.4 Å². The van der Waals surface area contributed by atoms with Gasteiger partial charge < -0.3 is 19.1 Å². The molecule has 0 saturated carbocycles. The fourth-order valence-electron chi connectivity index (χ4n) is 3.75. The van der Waals surface area contributed by atoms with E-state index in [9.17, 15) is 18.0 Å². The van der Waals surface area contributed by atoms with Crippen LogP contribution in [0.25, 0.3) is 0 Å². The van der Waals surface area contributed by atoms with Gasteiger partial charge in [-0.3, -0.25) is 9.36 Å². The number of anilines is 2. The van der Waals surface area contributed by atoms with Crippen LogP contribution in [0.5, 0.6) is 0 Å². The van der Waals surface area contributed by atoms with Gasteiger partial charge in [0.25, 0.3) is 5.56 Å². The molecule has 1 saturated heterocycles. The predicted octanol–water partition coefficient (Wildman–Crippen LogP) is 1.50. The molecule has 0 aliphatic carbocycles. The molecule has 0 spiro atoms. The molecular formula is C17H21F3N6O3. The average Bonchev–Trinajstić information content (AvgIpc) is 3.06. The molecule has 1 fully saturated rings. The first-order valence-corrected chi connectivity index (χ1v) is 9.33. The quantitative estimate of drug-likeness (QED) is 0.747. The highest BCUT2D eigenvalue weighted by Crippen LogP contribution is 2.35. The molecule has 12 heteroatoms. The van der Waals surface area contributed by atoms with Crippen LogP contribution in [0.2, 0.25) is 0 Å². The molecular weight excluding hydrogens is 393 g/mol. The van der Waals surface area contributed by atoms with Gasteiger partial charge in [0.1, 0.15) is 11.9 Å². The van der Waals surface area contributed by atoms with Gasteiger partial charge in [-0.2, -0.15) is 23.1 Å². The second kappa shape index (κ2) is 7.32. The van der Waals surface area contributed by atoms with Gasteiger partial charge in [-0.25, -0.2) is 0 Å². The molecule has 2 atom stereocenters. The molecule has 0 N–H and O–H groups in total. The van der Waals surface area contributed by atoms with Gasteiger partial charge in [-0.15, -0.1) is 0 Å². The normalized spacial score (nSPS) is 22.7. The number of aromatic nitrogens is 4. The van der Waals surface area contributed by atoms with Gasteiger partial charge in [0.2, 0.25) is 11.8 Å². The summed E-state index contributed by atoms with van der Waals surface area (Å²) in [6.07, 6.45) is -4.76. The molecule has 0 amide bonds. The highest BCUT2D eigenvalue weighted by molar-refractivity contribution is 5.47. The van der Waals surface area contributed by atoms with Crippen LogP contribution >= 0.6 is 0 Å². The zero-order chi connectivity index (χ0) is 20.8. The van der Waals surface area contributed by atoms with E-state index in [0.717, 1.165) is 4.90 Å². The SMILES string of the molecule is Cc1nc(CN2c3nc(N4CCOC[C@H]4C)cc(=O)n3CC[C@H]2C(F)(F)F)no1. The van der Waals surface area contributed by atoms with Crippen molar-refractivity contribution < 1.29 is 22.4 Å². The third-order valence-electron chi connectivity index (χ3n) is 5.15. The maximum Gasteiger partial charge on any atom is 0.408 e. The molecule has 4 heterocycles. The van der Waals surface area contributed by atoms with Crippen molar-refractivity contribution in [2.24, 2.45) is 0 Å². The number of aryl methyl sites for hydroxylation is 1. The van der Waals surface area contributed by atoms with Gasteiger partial charge in [0.15, 0.2) is 5.82 Å². The lowest BCUT2D eigenvalue weighted by Gasteiger charge is -2.40. The fourth-order valence-corrected chi connectivity index (χ4v) is 3.75. The first-order valence-electron chi connectivity index (χ1n) is 9.33. The van der Waals surface area contributed by atoms with Crippen LogP contribution in [0.15, 0.2) is 15.4 Å². The number of morpholine rings is 1. The van der Waals surface area contributed by atoms with E-state index in [2.05, 4.69) is 15.1 Å². The van der Waals surface area contributed by atoms with E-state index in [-0.39, 0.29) is 43.2 Å². The standard InChI is InChI=1S/C17H21F3N6O3/c1-10-9-28-6-5-24(10)14-7-15(27)25-4-3-12(17(18,19)20)26(16(25)22-14)8-13-21-11(2)29-23-13/h7,10,12H,3-6,8-9H2,1-2H3/t10-,12+/m1/s1. The van der Waals surface area contributed by atoms with Crippen LogP contribution in [-0.4, -0.2) is 57.7 Å². The Morgan fingerprint density at radius 2 is 2.07 bits per heavy atom. The van der Waals surface area contributed by atoms with Gasteiger partial charge in [0, 0.05) is 26.1 Å². The maximum atomic E-state index is 13.8. The van der Waals surface area contributed by atoms with Crippen LogP contribution in [0.3, 0.4) is 0 Å². The van der Waals surface area contributed by atoms with Crippen molar-refractivity contribution in [3.8, 4) is 0 Å². The molecule has 9 nitrogen and oxygen atoms in total. The average molecular weight is 414 g/mol. The summed E-state index contributed by atoms with van der Waals surface area (Å²) < 4.78 is 52.9. The van der Waals surface area contributed by atoms with E-state index in [1.807, 2.05) is 11.8 Å². The Balaban J connectivity index is 1.78. The Hall–Kier alpha value is -2.63. The minimum absolute atomic E-state index is 0.0396. The first-order chi connectivity index (χ1) is 13.7. The Morgan fingerprint density at radius 3 is 2.72 bits per heavy atom. The minimum atomic E-state index is -4.50. The predicted molar refractivity (Wildman–Crippen MR) is 95.8 cm³/mol.